The van der Waals surface area contributed by atoms with Gasteiger partial charge in [0.2, 0.25) is 0 Å². The summed E-state index contributed by atoms with van der Waals surface area (Å²) >= 11 is 5.18. The SMILES string of the molecule is CCn1c(=S)[nH]c(=O)c2c(C(=O)OC)cc(-c3ccc(OC(F)F)cc3)nc21. The van der Waals surface area contributed by atoms with Crippen LogP contribution in [0.25, 0.3) is 22.3 Å². The minimum absolute atomic E-state index is 0.0133. The van der Waals surface area contributed by atoms with Crippen LogP contribution >= 0.6 is 12.2 Å². The molecule has 0 atom stereocenters. The van der Waals surface area contributed by atoms with E-state index in [1.807, 2.05) is 6.92 Å². The van der Waals surface area contributed by atoms with Crippen molar-refractivity contribution in [2.75, 3.05) is 7.11 Å². The molecule has 1 N–H and O–H groups in total. The fourth-order valence-electron chi connectivity index (χ4n) is 2.79. The number of carbonyl (C=O) groups excluding carboxylic acids is 1. The maximum atomic E-state index is 12.4. The molecule has 3 aromatic rings. The third-order valence-electron chi connectivity index (χ3n) is 4.05. The monoisotopic (exact) mass is 407 g/mol. The molecular formula is C18H15F2N3O4S. The topological polar surface area (TPSA) is 86.2 Å². The highest BCUT2D eigenvalue weighted by molar-refractivity contribution is 7.71. The molecule has 0 aliphatic carbocycles. The number of H-pyrrole nitrogens is 1. The number of alkyl halides is 2. The van der Waals surface area contributed by atoms with Crippen LogP contribution in [0.3, 0.4) is 0 Å². The molecule has 1 aromatic carbocycles. The lowest BCUT2D eigenvalue weighted by molar-refractivity contribution is -0.0498. The summed E-state index contributed by atoms with van der Waals surface area (Å²) in [5.74, 6) is -0.725. The van der Waals surface area contributed by atoms with Crippen LogP contribution in [0, 0.1) is 4.77 Å². The van der Waals surface area contributed by atoms with Crippen molar-refractivity contribution < 1.29 is 23.0 Å². The number of rotatable bonds is 5. The number of hydrogen-bond donors (Lipinski definition) is 1. The zero-order chi connectivity index (χ0) is 20.4. The van der Waals surface area contributed by atoms with Crippen LogP contribution in [0.15, 0.2) is 35.1 Å². The van der Waals surface area contributed by atoms with Gasteiger partial charge in [-0.05, 0) is 49.5 Å². The number of pyridine rings is 1. The summed E-state index contributed by atoms with van der Waals surface area (Å²) in [4.78, 5) is 31.7. The van der Waals surface area contributed by atoms with Gasteiger partial charge < -0.3 is 14.0 Å². The van der Waals surface area contributed by atoms with Crippen molar-refractivity contribution >= 4 is 29.2 Å². The fourth-order valence-corrected chi connectivity index (χ4v) is 3.10. The van der Waals surface area contributed by atoms with E-state index in [0.717, 1.165) is 0 Å². The minimum atomic E-state index is -2.93. The molecule has 0 unspecified atom stereocenters. The van der Waals surface area contributed by atoms with Gasteiger partial charge in [0.15, 0.2) is 4.77 Å². The highest BCUT2D eigenvalue weighted by atomic mass is 32.1. The first kappa shape index (κ1) is 19.6. The maximum Gasteiger partial charge on any atom is 0.387 e. The van der Waals surface area contributed by atoms with Gasteiger partial charge in [0.05, 0.1) is 23.8 Å². The number of nitrogens with one attached hydrogen (secondary N) is 1. The van der Waals surface area contributed by atoms with Gasteiger partial charge in [0.25, 0.3) is 5.56 Å². The summed E-state index contributed by atoms with van der Waals surface area (Å²) in [5, 5.41) is 0.0590. The zero-order valence-electron chi connectivity index (χ0n) is 14.9. The van der Waals surface area contributed by atoms with Crippen LogP contribution in [0.5, 0.6) is 5.75 Å². The molecule has 0 saturated heterocycles. The Kier molecular flexibility index (Phi) is 5.50. The van der Waals surface area contributed by atoms with E-state index in [1.54, 1.807) is 4.57 Å². The van der Waals surface area contributed by atoms with Crippen molar-refractivity contribution in [2.24, 2.45) is 0 Å². The van der Waals surface area contributed by atoms with Crippen LogP contribution in [0.1, 0.15) is 17.3 Å². The predicted molar refractivity (Wildman–Crippen MR) is 100 cm³/mol. The van der Waals surface area contributed by atoms with E-state index in [2.05, 4.69) is 14.7 Å². The lowest BCUT2D eigenvalue weighted by Crippen LogP contribution is -2.19. The Labute approximate surface area is 162 Å². The average Bonchev–Trinajstić information content (AvgIpc) is 2.66. The number of carbonyl (C=O) groups is 1. The number of hydrogen-bond acceptors (Lipinski definition) is 6. The van der Waals surface area contributed by atoms with Gasteiger partial charge >= 0.3 is 12.6 Å². The number of fused-ring (bicyclic) bond motifs is 1. The number of nitrogens with zero attached hydrogens (tertiary/aromatic N) is 2. The van der Waals surface area contributed by atoms with Gasteiger partial charge in [-0.15, -0.1) is 0 Å². The largest absolute Gasteiger partial charge is 0.465 e. The third kappa shape index (κ3) is 3.63. The van der Waals surface area contributed by atoms with Crippen LogP contribution in [-0.4, -0.2) is 34.2 Å². The van der Waals surface area contributed by atoms with Crippen molar-refractivity contribution in [1.29, 1.82) is 0 Å². The van der Waals surface area contributed by atoms with Crippen LogP contribution in [-0.2, 0) is 11.3 Å². The van der Waals surface area contributed by atoms with E-state index in [-0.39, 0.29) is 27.1 Å². The second-order valence-electron chi connectivity index (χ2n) is 5.65. The molecule has 0 amide bonds. The molecule has 2 heterocycles. The predicted octanol–water partition coefficient (Wildman–Crippen LogP) is 3.53. The normalized spacial score (nSPS) is 11.0. The molecule has 10 heteroatoms. The quantitative estimate of drug-likeness (QED) is 0.514. The number of aromatic nitrogens is 3. The van der Waals surface area contributed by atoms with Crippen molar-refractivity contribution in [1.82, 2.24) is 14.5 Å². The highest BCUT2D eigenvalue weighted by Crippen LogP contribution is 2.26. The lowest BCUT2D eigenvalue weighted by Gasteiger charge is -2.13. The van der Waals surface area contributed by atoms with Gasteiger partial charge in [-0.25, -0.2) is 9.78 Å². The Morgan fingerprint density at radius 3 is 2.57 bits per heavy atom. The molecule has 146 valence electrons. The van der Waals surface area contributed by atoms with Gasteiger partial charge in [0, 0.05) is 12.1 Å². The number of methoxy groups -OCH3 is 1. The molecule has 0 bridgehead atoms. The number of ether oxygens (including phenoxy) is 2. The summed E-state index contributed by atoms with van der Waals surface area (Å²) in [7, 11) is 1.20. The van der Waals surface area contributed by atoms with Crippen molar-refractivity contribution in [3.05, 3.63) is 51.0 Å². The second kappa shape index (κ2) is 7.85. The molecule has 3 rings (SSSR count). The molecule has 2 aromatic heterocycles. The molecular weight excluding hydrogens is 392 g/mol. The standard InChI is InChI=1S/C18H15F2N3O4S/c1-3-23-14-13(15(24)22-18(23)28)11(16(25)26-2)8-12(21-14)9-4-6-10(7-5-9)27-17(19)20/h4-8,17H,3H2,1-2H3,(H,22,24,28). The van der Waals surface area contributed by atoms with Crippen LogP contribution in [0.2, 0.25) is 0 Å². The number of halogens is 2. The lowest BCUT2D eigenvalue weighted by atomic mass is 10.1. The highest BCUT2D eigenvalue weighted by Gasteiger charge is 2.19. The van der Waals surface area contributed by atoms with Crippen LogP contribution < -0.4 is 10.3 Å². The Morgan fingerprint density at radius 1 is 1.32 bits per heavy atom. The van der Waals surface area contributed by atoms with Gasteiger partial charge in [-0.1, -0.05) is 0 Å². The average molecular weight is 407 g/mol. The summed E-state index contributed by atoms with van der Waals surface area (Å²) in [6.45, 7) is -0.711. The third-order valence-corrected chi connectivity index (χ3v) is 4.37. The van der Waals surface area contributed by atoms with E-state index in [9.17, 15) is 18.4 Å². The maximum absolute atomic E-state index is 12.4. The summed E-state index contributed by atoms with van der Waals surface area (Å²) < 4.78 is 35.5. The molecule has 0 saturated carbocycles. The molecule has 7 nitrogen and oxygen atoms in total. The Hall–Kier alpha value is -3.14. The van der Waals surface area contributed by atoms with E-state index < -0.39 is 18.1 Å². The van der Waals surface area contributed by atoms with Crippen molar-refractivity contribution in [2.45, 2.75) is 20.1 Å². The number of aryl methyl sites for hydroxylation is 1. The smallest absolute Gasteiger partial charge is 0.387 e. The summed E-state index contributed by atoms with van der Waals surface area (Å²) in [6, 6.07) is 7.16. The summed E-state index contributed by atoms with van der Waals surface area (Å²) in [6.07, 6.45) is 0. The number of benzene rings is 1. The van der Waals surface area contributed by atoms with Gasteiger partial charge in [-0.2, -0.15) is 8.78 Å². The minimum Gasteiger partial charge on any atom is -0.465 e. The Balaban J connectivity index is 2.28. The Bertz CT molecular complexity index is 1160. The molecule has 0 spiro atoms. The van der Waals surface area contributed by atoms with Crippen LogP contribution in [0.4, 0.5) is 8.78 Å². The molecule has 0 fully saturated rings. The number of aromatic amines is 1. The van der Waals surface area contributed by atoms with E-state index in [0.29, 0.717) is 17.8 Å². The second-order valence-corrected chi connectivity index (χ2v) is 6.04. The fraction of sp³-hybridized carbons (Fsp3) is 0.222. The van der Waals surface area contributed by atoms with E-state index in [4.69, 9.17) is 17.0 Å². The van der Waals surface area contributed by atoms with Gasteiger partial charge in [-0.3, -0.25) is 9.78 Å². The molecule has 0 aliphatic heterocycles. The Morgan fingerprint density at radius 2 is 2.00 bits per heavy atom. The van der Waals surface area contributed by atoms with Crippen molar-refractivity contribution in [3.8, 4) is 17.0 Å². The van der Waals surface area contributed by atoms with Gasteiger partial charge in [0.1, 0.15) is 11.4 Å². The first-order valence-electron chi connectivity index (χ1n) is 8.17. The van der Waals surface area contributed by atoms with Crippen molar-refractivity contribution in [3.63, 3.8) is 0 Å². The first-order valence-corrected chi connectivity index (χ1v) is 8.58. The first-order chi connectivity index (χ1) is 13.3. The number of esters is 1. The molecule has 0 radical (unpaired) electrons. The van der Waals surface area contributed by atoms with E-state index >= 15 is 0 Å². The van der Waals surface area contributed by atoms with E-state index in [1.165, 1.54) is 37.4 Å². The zero-order valence-corrected chi connectivity index (χ0v) is 15.7. The summed E-state index contributed by atoms with van der Waals surface area (Å²) in [5.41, 5.74) is 0.571. The molecule has 28 heavy (non-hydrogen) atoms. The molecule has 0 aliphatic rings.